The first-order valence-electron chi connectivity index (χ1n) is 6.92. The molecule has 5 heteroatoms. The average Bonchev–Trinajstić information content (AvgIpc) is 3.23. The number of carbonyl (C=O) groups is 1. The molecule has 3 nitrogen and oxygen atoms in total. The third-order valence-corrected chi connectivity index (χ3v) is 4.34. The van der Waals surface area contributed by atoms with Crippen molar-refractivity contribution in [1.29, 1.82) is 0 Å². The van der Waals surface area contributed by atoms with E-state index in [1.54, 1.807) is 4.90 Å². The van der Waals surface area contributed by atoms with Crippen molar-refractivity contribution in [3.05, 3.63) is 57.3 Å². The maximum atomic E-state index is 12.6. The Bertz CT molecular complexity index is 661. The topological polar surface area (TPSA) is 25.2 Å². The Labute approximate surface area is 137 Å². The smallest absolute Gasteiger partial charge is 0.270 e. The molecule has 0 spiro atoms. The number of nitrogens with zero attached hydrogens (tertiary/aromatic N) is 2. The van der Waals surface area contributed by atoms with E-state index < -0.39 is 0 Å². The second-order valence-corrected chi connectivity index (χ2v) is 6.82. The van der Waals surface area contributed by atoms with E-state index in [9.17, 15) is 4.79 Å². The van der Waals surface area contributed by atoms with Crippen molar-refractivity contribution in [2.45, 2.75) is 25.4 Å². The molecule has 1 aromatic heterocycles. The van der Waals surface area contributed by atoms with Crippen molar-refractivity contribution in [2.24, 2.45) is 0 Å². The Kier molecular flexibility index (Phi) is 4.09. The van der Waals surface area contributed by atoms with Crippen LogP contribution in [0, 0.1) is 0 Å². The third-order valence-electron chi connectivity index (χ3n) is 3.65. The van der Waals surface area contributed by atoms with E-state index in [0.29, 0.717) is 17.6 Å². The average molecular weight is 368 g/mol. The second kappa shape index (κ2) is 5.85. The number of rotatable bonds is 4. The minimum atomic E-state index is 0.0440. The third kappa shape index (κ3) is 3.33. The van der Waals surface area contributed by atoms with E-state index >= 15 is 0 Å². The number of benzene rings is 1. The zero-order valence-corrected chi connectivity index (χ0v) is 14.1. The van der Waals surface area contributed by atoms with Gasteiger partial charge in [-0.2, -0.15) is 0 Å². The summed E-state index contributed by atoms with van der Waals surface area (Å²) in [6, 6.07) is 9.97. The lowest BCUT2D eigenvalue weighted by molar-refractivity contribution is 0.0774. The highest BCUT2D eigenvalue weighted by Crippen LogP contribution is 2.37. The fourth-order valence-corrected chi connectivity index (χ4v) is 2.97. The van der Waals surface area contributed by atoms with Crippen LogP contribution in [-0.2, 0) is 6.54 Å². The van der Waals surface area contributed by atoms with Gasteiger partial charge in [0.1, 0.15) is 5.69 Å². The summed E-state index contributed by atoms with van der Waals surface area (Å²) in [5.41, 5.74) is 1.82. The SMILES string of the molecule is CN(Cc1ccc(Cl)cc1)C(=O)c1cc(Br)cn1C1CC1. The highest BCUT2D eigenvalue weighted by Gasteiger charge is 2.28. The number of amides is 1. The lowest BCUT2D eigenvalue weighted by atomic mass is 10.2. The van der Waals surface area contributed by atoms with Gasteiger partial charge in [0.15, 0.2) is 0 Å². The molecule has 0 unspecified atom stereocenters. The van der Waals surface area contributed by atoms with Gasteiger partial charge in [-0.15, -0.1) is 0 Å². The zero-order chi connectivity index (χ0) is 15.0. The van der Waals surface area contributed by atoms with Gasteiger partial charge in [-0.1, -0.05) is 23.7 Å². The minimum Gasteiger partial charge on any atom is -0.339 e. The Hall–Kier alpha value is -1.26. The molecule has 1 aliphatic rings. The normalized spacial score (nSPS) is 14.2. The minimum absolute atomic E-state index is 0.0440. The van der Waals surface area contributed by atoms with Crippen LogP contribution in [0.3, 0.4) is 0 Å². The zero-order valence-electron chi connectivity index (χ0n) is 11.7. The molecule has 1 heterocycles. The van der Waals surface area contributed by atoms with Crippen molar-refractivity contribution < 1.29 is 4.79 Å². The Morgan fingerprint density at radius 1 is 1.38 bits per heavy atom. The van der Waals surface area contributed by atoms with Crippen molar-refractivity contribution in [2.75, 3.05) is 7.05 Å². The Balaban J connectivity index is 1.76. The fourth-order valence-electron chi connectivity index (χ4n) is 2.40. The number of hydrogen-bond acceptors (Lipinski definition) is 1. The first-order chi connectivity index (χ1) is 10.0. The van der Waals surface area contributed by atoms with Crippen molar-refractivity contribution in [3.63, 3.8) is 0 Å². The van der Waals surface area contributed by atoms with E-state index in [1.807, 2.05) is 43.6 Å². The van der Waals surface area contributed by atoms with Gasteiger partial charge in [0, 0.05) is 35.3 Å². The lowest BCUT2D eigenvalue weighted by Crippen LogP contribution is -2.28. The maximum absolute atomic E-state index is 12.6. The van der Waals surface area contributed by atoms with Crippen LogP contribution in [0.2, 0.25) is 5.02 Å². The fraction of sp³-hybridized carbons (Fsp3) is 0.312. The van der Waals surface area contributed by atoms with E-state index in [4.69, 9.17) is 11.6 Å². The predicted molar refractivity (Wildman–Crippen MR) is 87.7 cm³/mol. The van der Waals surface area contributed by atoms with Crippen LogP contribution in [0.25, 0.3) is 0 Å². The second-order valence-electron chi connectivity index (χ2n) is 5.47. The summed E-state index contributed by atoms with van der Waals surface area (Å²) in [6.07, 6.45) is 4.31. The molecule has 0 bridgehead atoms. The van der Waals surface area contributed by atoms with E-state index in [0.717, 1.165) is 28.6 Å². The van der Waals surface area contributed by atoms with Crippen LogP contribution < -0.4 is 0 Å². The first kappa shape index (κ1) is 14.7. The highest BCUT2D eigenvalue weighted by atomic mass is 79.9. The van der Waals surface area contributed by atoms with E-state index in [-0.39, 0.29) is 5.91 Å². The summed E-state index contributed by atoms with van der Waals surface area (Å²) in [4.78, 5) is 14.4. The summed E-state index contributed by atoms with van der Waals surface area (Å²) in [5, 5.41) is 0.708. The molecule has 2 aromatic rings. The summed E-state index contributed by atoms with van der Waals surface area (Å²) >= 11 is 9.35. The predicted octanol–water partition coefficient (Wildman–Crippen LogP) is 4.51. The molecule has 0 atom stereocenters. The van der Waals surface area contributed by atoms with Crippen molar-refractivity contribution in [1.82, 2.24) is 9.47 Å². The molecule has 1 amide bonds. The quantitative estimate of drug-likeness (QED) is 0.780. The van der Waals surface area contributed by atoms with Gasteiger partial charge in [0.2, 0.25) is 0 Å². The summed E-state index contributed by atoms with van der Waals surface area (Å²) in [6.45, 7) is 0.573. The standard InChI is InChI=1S/C16H16BrClN2O/c1-19(9-11-2-4-13(18)5-3-11)16(21)15-8-12(17)10-20(15)14-6-7-14/h2-5,8,10,14H,6-7,9H2,1H3. The highest BCUT2D eigenvalue weighted by molar-refractivity contribution is 9.10. The van der Waals surface area contributed by atoms with Crippen LogP contribution in [0.5, 0.6) is 0 Å². The number of carbonyl (C=O) groups excluding carboxylic acids is 1. The van der Waals surface area contributed by atoms with Gasteiger partial charge in [-0.3, -0.25) is 4.79 Å². The Morgan fingerprint density at radius 2 is 2.05 bits per heavy atom. The van der Waals surface area contributed by atoms with Crippen molar-refractivity contribution in [3.8, 4) is 0 Å². The van der Waals surface area contributed by atoms with Crippen molar-refractivity contribution >= 4 is 33.4 Å². The molecule has 1 saturated carbocycles. The largest absolute Gasteiger partial charge is 0.339 e. The van der Waals surface area contributed by atoms with Crippen LogP contribution in [-0.4, -0.2) is 22.4 Å². The molecule has 0 N–H and O–H groups in total. The molecule has 110 valence electrons. The van der Waals surface area contributed by atoms with Gasteiger partial charge in [0.25, 0.3) is 5.91 Å². The van der Waals surface area contributed by atoms with Crippen LogP contribution in [0.1, 0.15) is 34.9 Å². The summed E-state index contributed by atoms with van der Waals surface area (Å²) in [7, 11) is 1.83. The van der Waals surface area contributed by atoms with Gasteiger partial charge in [-0.25, -0.2) is 0 Å². The molecular weight excluding hydrogens is 352 g/mol. The summed E-state index contributed by atoms with van der Waals surface area (Å²) < 4.78 is 3.04. The molecule has 21 heavy (non-hydrogen) atoms. The van der Waals surface area contributed by atoms with Gasteiger partial charge in [0.05, 0.1) is 0 Å². The number of aromatic nitrogens is 1. The lowest BCUT2D eigenvalue weighted by Gasteiger charge is -2.18. The van der Waals surface area contributed by atoms with Gasteiger partial charge >= 0.3 is 0 Å². The van der Waals surface area contributed by atoms with E-state index in [1.165, 1.54) is 0 Å². The molecule has 1 fully saturated rings. The molecule has 1 aliphatic carbocycles. The number of hydrogen-bond donors (Lipinski definition) is 0. The van der Waals surface area contributed by atoms with Gasteiger partial charge in [-0.05, 0) is 52.5 Å². The van der Waals surface area contributed by atoms with Crippen LogP contribution in [0.15, 0.2) is 41.0 Å². The van der Waals surface area contributed by atoms with Crippen LogP contribution in [0.4, 0.5) is 0 Å². The first-order valence-corrected chi connectivity index (χ1v) is 8.09. The maximum Gasteiger partial charge on any atom is 0.270 e. The summed E-state index contributed by atoms with van der Waals surface area (Å²) in [5.74, 6) is 0.0440. The monoisotopic (exact) mass is 366 g/mol. The molecular formula is C16H16BrClN2O. The van der Waals surface area contributed by atoms with E-state index in [2.05, 4.69) is 20.5 Å². The Morgan fingerprint density at radius 3 is 2.67 bits per heavy atom. The number of halogens is 2. The molecule has 3 rings (SSSR count). The van der Waals surface area contributed by atoms with Crippen LogP contribution >= 0.6 is 27.5 Å². The van der Waals surface area contributed by atoms with Gasteiger partial charge < -0.3 is 9.47 Å². The molecule has 0 aliphatic heterocycles. The molecule has 0 radical (unpaired) electrons. The molecule has 0 saturated heterocycles. The molecule has 1 aromatic carbocycles.